The Labute approximate surface area is 128 Å². The van der Waals surface area contributed by atoms with Crippen LogP contribution in [-0.2, 0) is 6.54 Å². The van der Waals surface area contributed by atoms with E-state index in [9.17, 15) is 0 Å². The largest absolute Gasteiger partial charge is 0.302 e. The number of nitrogens with zero attached hydrogens (tertiary/aromatic N) is 3. The molecule has 21 heavy (non-hydrogen) atoms. The first-order valence-electron chi connectivity index (χ1n) is 6.98. The zero-order chi connectivity index (χ0) is 14.7. The van der Waals surface area contributed by atoms with Crippen LogP contribution < -0.4 is 5.32 Å². The second-order valence-corrected chi connectivity index (χ2v) is 6.27. The molecule has 0 saturated carbocycles. The first-order valence-corrected chi connectivity index (χ1v) is 7.80. The molecule has 0 amide bonds. The molecular formula is C16H18N4S. The van der Waals surface area contributed by atoms with E-state index in [0.29, 0.717) is 0 Å². The van der Waals surface area contributed by atoms with Crippen LogP contribution in [-0.4, -0.2) is 14.8 Å². The molecule has 5 heteroatoms. The Balaban J connectivity index is 1.63. The maximum absolute atomic E-state index is 4.59. The Kier molecular flexibility index (Phi) is 4.13. The van der Waals surface area contributed by atoms with Crippen LogP contribution in [0.3, 0.4) is 0 Å². The highest BCUT2D eigenvalue weighted by Gasteiger charge is 2.09. The molecule has 4 nitrogen and oxygen atoms in total. The standard InChI is InChI=1S/C16H18N4S/c1-12-10-18-16(21-12)13(2)17-11-14-8-9-20(19-14)15-6-4-3-5-7-15/h3-10,13,17H,11H2,1-2H3. The average Bonchev–Trinajstić information content (AvgIpc) is 3.15. The summed E-state index contributed by atoms with van der Waals surface area (Å²) in [6.45, 7) is 4.95. The van der Waals surface area contributed by atoms with E-state index in [1.54, 1.807) is 11.3 Å². The van der Waals surface area contributed by atoms with Crippen molar-refractivity contribution < 1.29 is 0 Å². The van der Waals surface area contributed by atoms with Gasteiger partial charge in [0.05, 0.1) is 17.4 Å². The smallest absolute Gasteiger partial charge is 0.109 e. The number of nitrogens with one attached hydrogen (secondary N) is 1. The summed E-state index contributed by atoms with van der Waals surface area (Å²) in [5.41, 5.74) is 2.10. The summed E-state index contributed by atoms with van der Waals surface area (Å²) in [7, 11) is 0. The van der Waals surface area contributed by atoms with Crippen molar-refractivity contribution in [2.75, 3.05) is 0 Å². The highest BCUT2D eigenvalue weighted by Crippen LogP contribution is 2.19. The molecule has 0 aliphatic rings. The molecular weight excluding hydrogens is 280 g/mol. The van der Waals surface area contributed by atoms with Gasteiger partial charge < -0.3 is 5.32 Å². The van der Waals surface area contributed by atoms with Crippen molar-refractivity contribution >= 4 is 11.3 Å². The monoisotopic (exact) mass is 298 g/mol. The fraction of sp³-hybridized carbons (Fsp3) is 0.250. The summed E-state index contributed by atoms with van der Waals surface area (Å²) in [4.78, 5) is 5.65. The van der Waals surface area contributed by atoms with E-state index in [-0.39, 0.29) is 6.04 Å². The van der Waals surface area contributed by atoms with Gasteiger partial charge in [-0.05, 0) is 32.0 Å². The molecule has 0 bridgehead atoms. The summed E-state index contributed by atoms with van der Waals surface area (Å²) in [5, 5.41) is 9.17. The van der Waals surface area contributed by atoms with Crippen molar-refractivity contribution in [1.82, 2.24) is 20.1 Å². The third kappa shape index (κ3) is 3.37. The number of rotatable bonds is 5. The number of aromatic nitrogens is 3. The van der Waals surface area contributed by atoms with E-state index in [1.165, 1.54) is 4.88 Å². The number of para-hydroxylation sites is 1. The van der Waals surface area contributed by atoms with Gasteiger partial charge in [0.15, 0.2) is 0 Å². The Morgan fingerprint density at radius 2 is 2.05 bits per heavy atom. The Morgan fingerprint density at radius 3 is 2.76 bits per heavy atom. The normalized spacial score (nSPS) is 12.5. The molecule has 1 aromatic carbocycles. The van der Waals surface area contributed by atoms with Gasteiger partial charge in [0.1, 0.15) is 5.01 Å². The van der Waals surface area contributed by atoms with Gasteiger partial charge in [-0.3, -0.25) is 0 Å². The van der Waals surface area contributed by atoms with Gasteiger partial charge in [0.2, 0.25) is 0 Å². The molecule has 1 N–H and O–H groups in total. The van der Waals surface area contributed by atoms with Gasteiger partial charge >= 0.3 is 0 Å². The molecule has 0 aliphatic carbocycles. The van der Waals surface area contributed by atoms with Crippen LogP contribution in [0.2, 0.25) is 0 Å². The van der Waals surface area contributed by atoms with E-state index in [1.807, 2.05) is 53.5 Å². The molecule has 2 aromatic heterocycles. The average molecular weight is 298 g/mol. The van der Waals surface area contributed by atoms with Gasteiger partial charge in [-0.25, -0.2) is 9.67 Å². The van der Waals surface area contributed by atoms with Crippen LogP contribution >= 0.6 is 11.3 Å². The topological polar surface area (TPSA) is 42.7 Å². The van der Waals surface area contributed by atoms with Crippen LogP contribution in [0.1, 0.15) is 28.5 Å². The summed E-state index contributed by atoms with van der Waals surface area (Å²) in [6, 6.07) is 12.4. The summed E-state index contributed by atoms with van der Waals surface area (Å²) < 4.78 is 1.90. The van der Waals surface area contributed by atoms with E-state index >= 15 is 0 Å². The molecule has 0 radical (unpaired) electrons. The van der Waals surface area contributed by atoms with Gasteiger partial charge in [-0.1, -0.05) is 18.2 Å². The molecule has 3 rings (SSSR count). The molecule has 0 spiro atoms. The van der Waals surface area contributed by atoms with Crippen molar-refractivity contribution in [3.8, 4) is 5.69 Å². The first kappa shape index (κ1) is 14.0. The van der Waals surface area contributed by atoms with Crippen molar-refractivity contribution in [3.63, 3.8) is 0 Å². The SMILES string of the molecule is Cc1cnc(C(C)NCc2ccn(-c3ccccc3)n2)s1. The fourth-order valence-electron chi connectivity index (χ4n) is 2.10. The fourth-order valence-corrected chi connectivity index (χ4v) is 2.90. The van der Waals surface area contributed by atoms with Gasteiger partial charge in [0.25, 0.3) is 0 Å². The lowest BCUT2D eigenvalue weighted by Crippen LogP contribution is -2.18. The van der Waals surface area contributed by atoms with E-state index in [2.05, 4.69) is 29.2 Å². The quantitative estimate of drug-likeness (QED) is 0.784. The maximum Gasteiger partial charge on any atom is 0.109 e. The van der Waals surface area contributed by atoms with Gasteiger partial charge in [-0.15, -0.1) is 11.3 Å². The second kappa shape index (κ2) is 6.20. The minimum Gasteiger partial charge on any atom is -0.302 e. The zero-order valence-electron chi connectivity index (χ0n) is 12.2. The third-order valence-corrected chi connectivity index (χ3v) is 4.36. The molecule has 2 heterocycles. The van der Waals surface area contributed by atoms with Crippen molar-refractivity contribution in [2.45, 2.75) is 26.4 Å². The summed E-state index contributed by atoms with van der Waals surface area (Å²) in [5.74, 6) is 0. The van der Waals surface area contributed by atoms with Crippen molar-refractivity contribution in [1.29, 1.82) is 0 Å². The number of aryl methyl sites for hydroxylation is 1. The summed E-state index contributed by atoms with van der Waals surface area (Å²) in [6.07, 6.45) is 3.91. The molecule has 1 atom stereocenters. The summed E-state index contributed by atoms with van der Waals surface area (Å²) >= 11 is 1.73. The number of thiazole rings is 1. The molecule has 0 saturated heterocycles. The van der Waals surface area contributed by atoms with Crippen molar-refractivity contribution in [3.05, 3.63) is 64.4 Å². The number of benzene rings is 1. The Morgan fingerprint density at radius 1 is 1.24 bits per heavy atom. The number of hydrogen-bond acceptors (Lipinski definition) is 4. The lowest BCUT2D eigenvalue weighted by molar-refractivity contribution is 0.562. The molecule has 0 aliphatic heterocycles. The predicted molar refractivity (Wildman–Crippen MR) is 85.7 cm³/mol. The van der Waals surface area contributed by atoms with Crippen LogP contribution in [0, 0.1) is 6.92 Å². The van der Waals surface area contributed by atoms with Crippen LogP contribution in [0.15, 0.2) is 48.8 Å². The molecule has 108 valence electrons. The number of hydrogen-bond donors (Lipinski definition) is 1. The minimum atomic E-state index is 0.241. The van der Waals surface area contributed by atoms with E-state index in [0.717, 1.165) is 22.9 Å². The zero-order valence-corrected chi connectivity index (χ0v) is 13.0. The predicted octanol–water partition coefficient (Wildman–Crippen LogP) is 3.49. The van der Waals surface area contributed by atoms with Crippen LogP contribution in [0.25, 0.3) is 5.69 Å². The second-order valence-electron chi connectivity index (χ2n) is 5.00. The molecule has 0 fully saturated rings. The highest BCUT2D eigenvalue weighted by atomic mass is 32.1. The van der Waals surface area contributed by atoms with Crippen molar-refractivity contribution in [2.24, 2.45) is 0 Å². The lowest BCUT2D eigenvalue weighted by Gasteiger charge is -2.09. The third-order valence-electron chi connectivity index (χ3n) is 3.26. The Bertz CT molecular complexity index is 702. The lowest BCUT2D eigenvalue weighted by atomic mass is 10.3. The van der Waals surface area contributed by atoms with E-state index < -0.39 is 0 Å². The maximum atomic E-state index is 4.59. The van der Waals surface area contributed by atoms with Crippen LogP contribution in [0.5, 0.6) is 0 Å². The van der Waals surface area contributed by atoms with E-state index in [4.69, 9.17) is 0 Å². The first-order chi connectivity index (χ1) is 10.2. The Hall–Kier alpha value is -1.98. The molecule has 1 unspecified atom stereocenters. The highest BCUT2D eigenvalue weighted by molar-refractivity contribution is 7.11. The van der Waals surface area contributed by atoms with Gasteiger partial charge in [0, 0.05) is 23.8 Å². The van der Waals surface area contributed by atoms with Gasteiger partial charge in [-0.2, -0.15) is 5.10 Å². The molecule has 3 aromatic rings. The minimum absolute atomic E-state index is 0.241. The van der Waals surface area contributed by atoms with Crippen LogP contribution in [0.4, 0.5) is 0 Å².